The second kappa shape index (κ2) is 7.97. The van der Waals surface area contributed by atoms with Gasteiger partial charge in [0.15, 0.2) is 11.5 Å². The van der Waals surface area contributed by atoms with Crippen molar-refractivity contribution < 1.29 is 14.3 Å². The number of rotatable bonds is 4. The molecule has 1 aromatic rings. The summed E-state index contributed by atoms with van der Waals surface area (Å²) in [6, 6.07) is 4.72. The van der Waals surface area contributed by atoms with Gasteiger partial charge in [-0.25, -0.2) is 4.79 Å². The van der Waals surface area contributed by atoms with Gasteiger partial charge < -0.3 is 19.7 Å². The van der Waals surface area contributed by atoms with Gasteiger partial charge in [0.25, 0.3) is 0 Å². The van der Waals surface area contributed by atoms with E-state index < -0.39 is 0 Å². The van der Waals surface area contributed by atoms with Crippen molar-refractivity contribution in [3.05, 3.63) is 23.3 Å². The molecule has 1 aliphatic carbocycles. The number of nitrogens with one attached hydrogen (secondary N) is 1. The Bertz CT molecular complexity index is 683. The van der Waals surface area contributed by atoms with Crippen molar-refractivity contribution in [3.8, 4) is 11.5 Å². The summed E-state index contributed by atoms with van der Waals surface area (Å²) in [5.41, 5.74) is 2.80. The molecule has 148 valence electrons. The van der Waals surface area contributed by atoms with Crippen LogP contribution < -0.4 is 14.8 Å². The average molecular weight is 373 g/mol. The summed E-state index contributed by atoms with van der Waals surface area (Å²) in [5.74, 6) is 2.59. The van der Waals surface area contributed by atoms with Crippen LogP contribution in [0.15, 0.2) is 12.1 Å². The summed E-state index contributed by atoms with van der Waals surface area (Å²) in [6.45, 7) is 3.65. The van der Waals surface area contributed by atoms with Crippen molar-refractivity contribution in [2.45, 2.75) is 51.1 Å². The molecule has 0 atom stereocenters. The van der Waals surface area contributed by atoms with Gasteiger partial charge in [0.05, 0.1) is 0 Å². The molecule has 2 heterocycles. The number of amides is 2. The predicted octanol–water partition coefficient (Wildman–Crippen LogP) is 2.99. The molecule has 6 nitrogen and oxygen atoms in total. The normalized spacial score (nSPS) is 24.4. The van der Waals surface area contributed by atoms with E-state index in [9.17, 15) is 4.79 Å². The van der Waals surface area contributed by atoms with Crippen LogP contribution in [0.1, 0.15) is 43.2 Å². The van der Waals surface area contributed by atoms with Gasteiger partial charge in [-0.1, -0.05) is 0 Å². The molecule has 0 aromatic heterocycles. The maximum absolute atomic E-state index is 11.8. The first kappa shape index (κ1) is 18.4. The molecule has 0 spiro atoms. The van der Waals surface area contributed by atoms with Crippen molar-refractivity contribution >= 4 is 6.03 Å². The topological polar surface area (TPSA) is 54.0 Å². The van der Waals surface area contributed by atoms with Gasteiger partial charge in [0.1, 0.15) is 0 Å². The Kier molecular flexibility index (Phi) is 5.43. The summed E-state index contributed by atoms with van der Waals surface area (Å²) in [5, 5.41) is 3.13. The second-order valence-corrected chi connectivity index (χ2v) is 8.35. The van der Waals surface area contributed by atoms with Gasteiger partial charge in [-0.05, 0) is 74.2 Å². The molecule has 2 amide bonds. The third kappa shape index (κ3) is 4.32. The number of carbonyl (C=O) groups excluding carboxylic acids is 1. The molecule has 27 heavy (non-hydrogen) atoms. The molecule has 4 rings (SSSR count). The molecular weight excluding hydrogens is 342 g/mol. The highest BCUT2D eigenvalue weighted by Gasteiger charge is 2.25. The maximum atomic E-state index is 11.8. The lowest BCUT2D eigenvalue weighted by Gasteiger charge is -2.33. The Hall–Kier alpha value is -1.95. The molecule has 0 radical (unpaired) electrons. The Morgan fingerprint density at radius 3 is 2.56 bits per heavy atom. The summed E-state index contributed by atoms with van der Waals surface area (Å²) in [4.78, 5) is 16.0. The molecular formula is C21H31N3O3. The number of hydrogen-bond donors (Lipinski definition) is 1. The summed E-state index contributed by atoms with van der Waals surface area (Å²) in [7, 11) is 3.59. The zero-order valence-electron chi connectivity index (χ0n) is 16.5. The Balaban J connectivity index is 1.22. The van der Waals surface area contributed by atoms with E-state index >= 15 is 0 Å². The molecule has 1 N–H and O–H groups in total. The maximum Gasteiger partial charge on any atom is 0.317 e. The quantitative estimate of drug-likeness (QED) is 0.882. The van der Waals surface area contributed by atoms with Crippen LogP contribution in [0.4, 0.5) is 4.79 Å². The standard InChI is InChI=1S/C21H31N3O3/c1-23(2)21(25)22-18-5-3-15(4-6-18)7-9-24-10-8-16-11-19-20(27-14-26-19)12-17(16)13-24/h11-12,15,18H,3-10,13-14H2,1-2H3,(H,22,25). The highest BCUT2D eigenvalue weighted by molar-refractivity contribution is 5.73. The fraction of sp³-hybridized carbons (Fsp3) is 0.667. The van der Waals surface area contributed by atoms with E-state index in [0.29, 0.717) is 12.8 Å². The third-order valence-electron chi connectivity index (χ3n) is 6.22. The van der Waals surface area contributed by atoms with Crippen LogP contribution in [0.2, 0.25) is 0 Å². The fourth-order valence-electron chi connectivity index (χ4n) is 4.46. The van der Waals surface area contributed by atoms with Crippen molar-refractivity contribution in [3.63, 3.8) is 0 Å². The number of benzene rings is 1. The van der Waals surface area contributed by atoms with Gasteiger partial charge >= 0.3 is 6.03 Å². The summed E-state index contributed by atoms with van der Waals surface area (Å²) >= 11 is 0. The van der Waals surface area contributed by atoms with E-state index in [4.69, 9.17) is 9.47 Å². The van der Waals surface area contributed by atoms with Crippen LogP contribution >= 0.6 is 0 Å². The van der Waals surface area contributed by atoms with Crippen LogP contribution in [0.3, 0.4) is 0 Å². The fourth-order valence-corrected chi connectivity index (χ4v) is 4.46. The zero-order chi connectivity index (χ0) is 18.8. The summed E-state index contributed by atoms with van der Waals surface area (Å²) < 4.78 is 11.0. The number of urea groups is 1. The third-order valence-corrected chi connectivity index (χ3v) is 6.22. The number of nitrogens with zero attached hydrogens (tertiary/aromatic N) is 2. The molecule has 0 unspecified atom stereocenters. The Labute approximate surface area is 161 Å². The van der Waals surface area contributed by atoms with Crippen LogP contribution in [0.25, 0.3) is 0 Å². The monoisotopic (exact) mass is 373 g/mol. The molecule has 2 aliphatic heterocycles. The molecule has 0 saturated heterocycles. The van der Waals surface area contributed by atoms with E-state index in [0.717, 1.165) is 56.3 Å². The van der Waals surface area contributed by atoms with Gasteiger partial charge in [0, 0.05) is 33.2 Å². The molecule has 1 aromatic carbocycles. The largest absolute Gasteiger partial charge is 0.454 e. The van der Waals surface area contributed by atoms with E-state index in [-0.39, 0.29) is 6.03 Å². The first-order chi connectivity index (χ1) is 13.1. The van der Waals surface area contributed by atoms with Gasteiger partial charge in [-0.15, -0.1) is 0 Å². The van der Waals surface area contributed by atoms with Crippen LogP contribution in [-0.4, -0.2) is 55.9 Å². The smallest absolute Gasteiger partial charge is 0.317 e. The van der Waals surface area contributed by atoms with Crippen LogP contribution in [-0.2, 0) is 13.0 Å². The van der Waals surface area contributed by atoms with Crippen LogP contribution in [0, 0.1) is 5.92 Å². The Morgan fingerprint density at radius 2 is 1.85 bits per heavy atom. The highest BCUT2D eigenvalue weighted by atomic mass is 16.7. The molecule has 1 saturated carbocycles. The minimum atomic E-state index is 0.0336. The minimum absolute atomic E-state index is 0.0336. The lowest BCUT2D eigenvalue weighted by Crippen LogP contribution is -2.43. The first-order valence-electron chi connectivity index (χ1n) is 10.2. The molecule has 1 fully saturated rings. The average Bonchev–Trinajstić information content (AvgIpc) is 3.12. The highest BCUT2D eigenvalue weighted by Crippen LogP contribution is 2.37. The predicted molar refractivity (Wildman–Crippen MR) is 104 cm³/mol. The van der Waals surface area contributed by atoms with Crippen molar-refractivity contribution in [2.24, 2.45) is 5.92 Å². The van der Waals surface area contributed by atoms with Gasteiger partial charge in [-0.2, -0.15) is 0 Å². The number of carbonyl (C=O) groups is 1. The number of hydrogen-bond acceptors (Lipinski definition) is 4. The number of fused-ring (bicyclic) bond motifs is 2. The minimum Gasteiger partial charge on any atom is -0.454 e. The van der Waals surface area contributed by atoms with Gasteiger partial charge in [0.2, 0.25) is 6.79 Å². The molecule has 0 bridgehead atoms. The van der Waals surface area contributed by atoms with E-state index in [1.54, 1.807) is 19.0 Å². The van der Waals surface area contributed by atoms with E-state index in [1.807, 2.05) is 0 Å². The van der Waals surface area contributed by atoms with Crippen molar-refractivity contribution in [1.82, 2.24) is 15.1 Å². The van der Waals surface area contributed by atoms with E-state index in [2.05, 4.69) is 22.3 Å². The van der Waals surface area contributed by atoms with Gasteiger partial charge in [-0.3, -0.25) is 4.90 Å². The van der Waals surface area contributed by atoms with Crippen molar-refractivity contribution in [1.29, 1.82) is 0 Å². The SMILES string of the molecule is CN(C)C(=O)NC1CCC(CCN2CCc3cc4c(cc3C2)OCO4)CC1. The Morgan fingerprint density at radius 1 is 1.15 bits per heavy atom. The zero-order valence-corrected chi connectivity index (χ0v) is 16.5. The lowest BCUT2D eigenvalue weighted by atomic mass is 9.84. The van der Waals surface area contributed by atoms with E-state index in [1.165, 1.54) is 30.4 Å². The number of ether oxygens (including phenoxy) is 2. The lowest BCUT2D eigenvalue weighted by molar-refractivity contribution is 0.174. The summed E-state index contributed by atoms with van der Waals surface area (Å²) in [6.07, 6.45) is 7.01. The van der Waals surface area contributed by atoms with Crippen molar-refractivity contribution in [2.75, 3.05) is 34.0 Å². The first-order valence-corrected chi connectivity index (χ1v) is 10.2. The van der Waals surface area contributed by atoms with Crippen LogP contribution in [0.5, 0.6) is 11.5 Å². The second-order valence-electron chi connectivity index (χ2n) is 8.35. The molecule has 6 heteroatoms. The molecule has 3 aliphatic rings.